The van der Waals surface area contributed by atoms with Crippen molar-refractivity contribution in [2.24, 2.45) is 5.10 Å². The summed E-state index contributed by atoms with van der Waals surface area (Å²) < 4.78 is 0. The minimum atomic E-state index is -0.721. The van der Waals surface area contributed by atoms with Crippen LogP contribution in [-0.2, 0) is 4.79 Å². The molecule has 10 heteroatoms. The van der Waals surface area contributed by atoms with Crippen molar-refractivity contribution in [3.8, 4) is 0 Å². The molecule has 0 atom stereocenters. The summed E-state index contributed by atoms with van der Waals surface area (Å²) in [5, 5.41) is 28.6. The number of anilines is 1. The molecule has 24 heavy (non-hydrogen) atoms. The van der Waals surface area contributed by atoms with Crippen LogP contribution in [0.2, 0.25) is 0 Å². The van der Waals surface area contributed by atoms with Crippen molar-refractivity contribution in [3.05, 3.63) is 50.2 Å². The van der Waals surface area contributed by atoms with Crippen LogP contribution in [0.1, 0.15) is 26.2 Å². The van der Waals surface area contributed by atoms with Crippen molar-refractivity contribution in [1.82, 2.24) is 5.32 Å². The molecule has 126 valence electrons. The summed E-state index contributed by atoms with van der Waals surface area (Å²) in [5.74, 6) is -0.239. The SMILES string of the molecule is CC(=O)NC1=CCCCC1=NNc1ccc([N+](=O)[O-])cc1[N+](=O)[O-]. The summed E-state index contributed by atoms with van der Waals surface area (Å²) in [6.07, 6.45) is 4.06. The summed E-state index contributed by atoms with van der Waals surface area (Å²) >= 11 is 0. The number of carbonyl (C=O) groups excluding carboxylic acids is 1. The van der Waals surface area contributed by atoms with E-state index in [1.165, 1.54) is 13.0 Å². The van der Waals surface area contributed by atoms with Crippen molar-refractivity contribution < 1.29 is 14.6 Å². The number of carbonyl (C=O) groups is 1. The lowest BCUT2D eigenvalue weighted by Gasteiger charge is -2.16. The molecule has 2 rings (SSSR count). The van der Waals surface area contributed by atoms with Crippen LogP contribution in [0.3, 0.4) is 0 Å². The first-order valence-corrected chi connectivity index (χ1v) is 7.12. The highest BCUT2D eigenvalue weighted by Crippen LogP contribution is 2.29. The van der Waals surface area contributed by atoms with Gasteiger partial charge >= 0.3 is 5.69 Å². The maximum Gasteiger partial charge on any atom is 0.301 e. The zero-order valence-electron chi connectivity index (χ0n) is 12.8. The van der Waals surface area contributed by atoms with Crippen LogP contribution in [0.25, 0.3) is 0 Å². The highest BCUT2D eigenvalue weighted by molar-refractivity contribution is 6.03. The fraction of sp³-hybridized carbons (Fsp3) is 0.286. The molecule has 1 aliphatic carbocycles. The molecular formula is C14H15N5O5. The normalized spacial score (nSPS) is 15.5. The Balaban J connectivity index is 2.28. The number of rotatable bonds is 5. The largest absolute Gasteiger partial charge is 0.325 e. The maximum absolute atomic E-state index is 11.2. The van der Waals surface area contributed by atoms with E-state index >= 15 is 0 Å². The number of allylic oxidation sites excluding steroid dienone is 2. The molecule has 0 aliphatic heterocycles. The van der Waals surface area contributed by atoms with E-state index in [9.17, 15) is 25.0 Å². The second kappa shape index (κ2) is 7.31. The van der Waals surface area contributed by atoms with Crippen LogP contribution >= 0.6 is 0 Å². The van der Waals surface area contributed by atoms with Gasteiger partial charge in [-0.25, -0.2) is 0 Å². The molecule has 0 bridgehead atoms. The molecule has 0 radical (unpaired) electrons. The number of non-ortho nitro benzene ring substituents is 1. The van der Waals surface area contributed by atoms with Crippen LogP contribution < -0.4 is 10.7 Å². The fourth-order valence-electron chi connectivity index (χ4n) is 2.20. The van der Waals surface area contributed by atoms with Gasteiger partial charge in [-0.15, -0.1) is 0 Å². The Hall–Kier alpha value is -3.30. The number of hydrogen-bond acceptors (Lipinski definition) is 7. The Morgan fingerprint density at radius 2 is 2.00 bits per heavy atom. The number of nitro benzene ring substituents is 2. The van der Waals surface area contributed by atoms with Gasteiger partial charge in [-0.05, 0) is 25.3 Å². The third-order valence-corrected chi connectivity index (χ3v) is 3.29. The number of hydrogen-bond donors (Lipinski definition) is 2. The molecule has 2 N–H and O–H groups in total. The second-order valence-corrected chi connectivity index (χ2v) is 5.08. The molecule has 1 aromatic rings. The van der Waals surface area contributed by atoms with Gasteiger partial charge in [0.15, 0.2) is 0 Å². The smallest absolute Gasteiger partial charge is 0.301 e. The fourth-order valence-corrected chi connectivity index (χ4v) is 2.20. The standard InChI is InChI=1S/C14H15N5O5/c1-9(20)15-11-4-2-3-5-12(11)16-17-13-7-6-10(18(21)22)8-14(13)19(23)24/h4,6-8,17H,2-3,5H2,1H3,(H,15,20). The zero-order chi connectivity index (χ0) is 17.7. The predicted octanol–water partition coefficient (Wildman–Crippen LogP) is 2.47. The average molecular weight is 333 g/mol. The molecule has 0 spiro atoms. The first-order chi connectivity index (χ1) is 11.4. The summed E-state index contributed by atoms with van der Waals surface area (Å²) in [6.45, 7) is 1.38. The Kier molecular flexibility index (Phi) is 5.20. The third kappa shape index (κ3) is 4.12. The van der Waals surface area contributed by atoms with Gasteiger partial charge in [0, 0.05) is 13.0 Å². The van der Waals surface area contributed by atoms with E-state index in [4.69, 9.17) is 0 Å². The van der Waals surface area contributed by atoms with Gasteiger partial charge in [-0.2, -0.15) is 5.10 Å². The molecule has 1 aromatic carbocycles. The summed E-state index contributed by atoms with van der Waals surface area (Å²) in [7, 11) is 0. The van der Waals surface area contributed by atoms with Crippen LogP contribution in [-0.4, -0.2) is 21.5 Å². The molecule has 0 unspecified atom stereocenters. The molecule has 1 aliphatic rings. The van der Waals surface area contributed by atoms with Crippen molar-refractivity contribution in [2.45, 2.75) is 26.2 Å². The van der Waals surface area contributed by atoms with Crippen molar-refractivity contribution >= 4 is 28.7 Å². The number of benzene rings is 1. The Morgan fingerprint density at radius 3 is 2.62 bits per heavy atom. The predicted molar refractivity (Wildman–Crippen MR) is 86.6 cm³/mol. The van der Waals surface area contributed by atoms with Gasteiger partial charge in [-0.1, -0.05) is 6.08 Å². The molecule has 0 saturated heterocycles. The quantitative estimate of drug-likeness (QED) is 0.626. The number of amides is 1. The third-order valence-electron chi connectivity index (χ3n) is 3.29. The number of nitro groups is 2. The zero-order valence-corrected chi connectivity index (χ0v) is 12.8. The van der Waals surface area contributed by atoms with Crippen LogP contribution in [0.15, 0.2) is 35.1 Å². The monoisotopic (exact) mass is 333 g/mol. The highest BCUT2D eigenvalue weighted by Gasteiger charge is 2.20. The summed E-state index contributed by atoms with van der Waals surface area (Å²) in [4.78, 5) is 31.6. The lowest BCUT2D eigenvalue weighted by atomic mass is 10.0. The van der Waals surface area contributed by atoms with Gasteiger partial charge in [-0.3, -0.25) is 30.4 Å². The van der Waals surface area contributed by atoms with E-state index in [2.05, 4.69) is 15.8 Å². The summed E-state index contributed by atoms with van der Waals surface area (Å²) in [5.41, 5.74) is 2.89. The topological polar surface area (TPSA) is 140 Å². The van der Waals surface area contributed by atoms with E-state index in [0.29, 0.717) is 17.8 Å². The van der Waals surface area contributed by atoms with E-state index in [-0.39, 0.29) is 17.3 Å². The lowest BCUT2D eigenvalue weighted by molar-refractivity contribution is -0.393. The van der Waals surface area contributed by atoms with E-state index in [0.717, 1.165) is 25.0 Å². The number of hydrazone groups is 1. The first kappa shape index (κ1) is 17.1. The average Bonchev–Trinajstić information content (AvgIpc) is 2.53. The Labute approximate surface area is 136 Å². The second-order valence-electron chi connectivity index (χ2n) is 5.08. The molecule has 10 nitrogen and oxygen atoms in total. The Morgan fingerprint density at radius 1 is 1.25 bits per heavy atom. The highest BCUT2D eigenvalue weighted by atomic mass is 16.6. The van der Waals surface area contributed by atoms with Crippen LogP contribution in [0.5, 0.6) is 0 Å². The molecule has 0 fully saturated rings. The minimum absolute atomic E-state index is 0.0332. The number of nitrogens with zero attached hydrogens (tertiary/aromatic N) is 3. The van der Waals surface area contributed by atoms with Gasteiger partial charge < -0.3 is 5.32 Å². The van der Waals surface area contributed by atoms with E-state index in [1.54, 1.807) is 0 Å². The lowest BCUT2D eigenvalue weighted by Crippen LogP contribution is -2.27. The summed E-state index contributed by atoms with van der Waals surface area (Å²) in [6, 6.07) is 3.25. The van der Waals surface area contributed by atoms with Crippen molar-refractivity contribution in [1.29, 1.82) is 0 Å². The molecule has 0 heterocycles. The number of nitrogens with one attached hydrogen (secondary N) is 2. The van der Waals surface area contributed by atoms with E-state index in [1.807, 2.05) is 6.08 Å². The maximum atomic E-state index is 11.2. The molecular weight excluding hydrogens is 318 g/mol. The van der Waals surface area contributed by atoms with Crippen LogP contribution in [0.4, 0.5) is 17.1 Å². The van der Waals surface area contributed by atoms with Crippen LogP contribution in [0, 0.1) is 20.2 Å². The minimum Gasteiger partial charge on any atom is -0.325 e. The van der Waals surface area contributed by atoms with Crippen molar-refractivity contribution in [2.75, 3.05) is 5.43 Å². The first-order valence-electron chi connectivity index (χ1n) is 7.12. The van der Waals surface area contributed by atoms with Gasteiger partial charge in [0.1, 0.15) is 5.69 Å². The molecule has 0 aromatic heterocycles. The van der Waals surface area contributed by atoms with Gasteiger partial charge in [0.25, 0.3) is 5.69 Å². The van der Waals surface area contributed by atoms with Gasteiger partial charge in [0.2, 0.25) is 5.91 Å². The van der Waals surface area contributed by atoms with Crippen molar-refractivity contribution in [3.63, 3.8) is 0 Å². The van der Waals surface area contributed by atoms with E-state index < -0.39 is 15.5 Å². The van der Waals surface area contributed by atoms with Gasteiger partial charge in [0.05, 0.1) is 27.3 Å². The molecule has 1 amide bonds. The molecule has 0 saturated carbocycles. The Bertz CT molecular complexity index is 756.